The standard InChI is InChI=1S/C12H13ClF3NO4S/c1-11(2,3)21-10(18)17-9-5-4-7(6-8(9)13)22(19,20)12(14,15)16/h4-6H,1-3H3,(H,17,18). The molecule has 0 radical (unpaired) electrons. The monoisotopic (exact) mass is 359 g/mol. The Morgan fingerprint density at radius 2 is 1.77 bits per heavy atom. The van der Waals surface area contributed by atoms with E-state index in [1.165, 1.54) is 0 Å². The third-order valence-electron chi connectivity index (χ3n) is 2.19. The third-order valence-corrected chi connectivity index (χ3v) is 3.99. The third kappa shape index (κ3) is 4.51. The van der Waals surface area contributed by atoms with Crippen LogP contribution < -0.4 is 5.32 Å². The predicted molar refractivity (Wildman–Crippen MR) is 74.5 cm³/mol. The number of halogens is 4. The van der Waals surface area contributed by atoms with E-state index < -0.39 is 31.9 Å². The summed E-state index contributed by atoms with van der Waals surface area (Å²) in [5.41, 5.74) is -6.29. The SMILES string of the molecule is CC(C)(C)OC(=O)Nc1ccc(S(=O)(=O)C(F)(F)F)cc1Cl. The molecule has 1 amide bonds. The molecule has 1 N–H and O–H groups in total. The number of alkyl halides is 3. The molecule has 1 rings (SSSR count). The number of hydrogen-bond donors (Lipinski definition) is 1. The van der Waals surface area contributed by atoms with Gasteiger partial charge in [0.1, 0.15) is 5.60 Å². The summed E-state index contributed by atoms with van der Waals surface area (Å²) in [5.74, 6) is 0. The van der Waals surface area contributed by atoms with E-state index in [-0.39, 0.29) is 10.7 Å². The van der Waals surface area contributed by atoms with Crippen LogP contribution in [0.5, 0.6) is 0 Å². The van der Waals surface area contributed by atoms with Crippen LogP contribution in [-0.2, 0) is 14.6 Å². The largest absolute Gasteiger partial charge is 0.501 e. The van der Waals surface area contributed by atoms with Crippen molar-refractivity contribution in [3.63, 3.8) is 0 Å². The molecule has 0 aliphatic rings. The summed E-state index contributed by atoms with van der Waals surface area (Å²) in [6.45, 7) is 4.85. The molecule has 1 aromatic carbocycles. The van der Waals surface area contributed by atoms with Crippen LogP contribution in [0.2, 0.25) is 5.02 Å². The van der Waals surface area contributed by atoms with Gasteiger partial charge in [0.2, 0.25) is 0 Å². The summed E-state index contributed by atoms with van der Waals surface area (Å²) in [6, 6.07) is 2.25. The Hall–Kier alpha value is -1.48. The number of hydrogen-bond acceptors (Lipinski definition) is 4. The molecule has 0 saturated heterocycles. The molecule has 1 aromatic rings. The minimum absolute atomic E-state index is 0.0722. The highest BCUT2D eigenvalue weighted by Gasteiger charge is 2.47. The van der Waals surface area contributed by atoms with E-state index in [1.54, 1.807) is 20.8 Å². The van der Waals surface area contributed by atoms with Gasteiger partial charge in [-0.25, -0.2) is 13.2 Å². The van der Waals surface area contributed by atoms with Crippen molar-refractivity contribution in [2.75, 3.05) is 5.32 Å². The molecule has 0 aromatic heterocycles. The van der Waals surface area contributed by atoms with Crippen LogP contribution >= 0.6 is 11.6 Å². The highest BCUT2D eigenvalue weighted by molar-refractivity contribution is 7.92. The minimum Gasteiger partial charge on any atom is -0.444 e. The van der Waals surface area contributed by atoms with Crippen LogP contribution in [-0.4, -0.2) is 25.6 Å². The maximum atomic E-state index is 12.4. The molecule has 0 saturated carbocycles. The molecule has 124 valence electrons. The molecular formula is C12H13ClF3NO4S. The zero-order valence-electron chi connectivity index (χ0n) is 11.8. The van der Waals surface area contributed by atoms with Gasteiger partial charge in [0.05, 0.1) is 15.6 Å². The number of benzene rings is 1. The van der Waals surface area contributed by atoms with Crippen LogP contribution in [0.1, 0.15) is 20.8 Å². The number of carbonyl (C=O) groups excluding carboxylic acids is 1. The summed E-state index contributed by atoms with van der Waals surface area (Å²) in [6.07, 6.45) is -0.874. The summed E-state index contributed by atoms with van der Waals surface area (Å²) in [5, 5.41) is 1.85. The average Bonchev–Trinajstić information content (AvgIpc) is 2.27. The van der Waals surface area contributed by atoms with Gasteiger partial charge in [-0.05, 0) is 39.0 Å². The Kier molecular flexibility index (Phi) is 5.03. The van der Waals surface area contributed by atoms with Gasteiger partial charge < -0.3 is 4.74 Å². The van der Waals surface area contributed by atoms with Crippen LogP contribution in [0.25, 0.3) is 0 Å². The van der Waals surface area contributed by atoms with E-state index in [0.717, 1.165) is 6.07 Å². The van der Waals surface area contributed by atoms with Gasteiger partial charge >= 0.3 is 11.6 Å². The van der Waals surface area contributed by atoms with Gasteiger partial charge in [0, 0.05) is 0 Å². The van der Waals surface area contributed by atoms with Gasteiger partial charge in [-0.2, -0.15) is 13.2 Å². The first-order valence-corrected chi connectivity index (χ1v) is 7.71. The molecule has 0 aliphatic heterocycles. The first kappa shape index (κ1) is 18.6. The Bertz CT molecular complexity index is 681. The van der Waals surface area contributed by atoms with Gasteiger partial charge in [0.25, 0.3) is 9.84 Å². The summed E-state index contributed by atoms with van der Waals surface area (Å²) in [7, 11) is -5.50. The number of sulfone groups is 1. The van der Waals surface area contributed by atoms with Crippen molar-refractivity contribution < 1.29 is 31.1 Å². The number of nitrogens with one attached hydrogen (secondary N) is 1. The number of rotatable bonds is 2. The fraction of sp³-hybridized carbons (Fsp3) is 0.417. The molecule has 10 heteroatoms. The Balaban J connectivity index is 3.04. The van der Waals surface area contributed by atoms with Crippen molar-refractivity contribution in [3.05, 3.63) is 23.2 Å². The maximum absolute atomic E-state index is 12.4. The minimum atomic E-state index is -5.50. The molecule has 0 aliphatic carbocycles. The molecule has 0 bridgehead atoms. The second-order valence-corrected chi connectivity index (χ2v) is 7.57. The van der Waals surface area contributed by atoms with Crippen molar-refractivity contribution in [1.82, 2.24) is 0 Å². The first-order chi connectivity index (χ1) is 9.74. The van der Waals surface area contributed by atoms with E-state index in [9.17, 15) is 26.4 Å². The van der Waals surface area contributed by atoms with E-state index in [1.807, 2.05) is 0 Å². The number of amides is 1. The lowest BCUT2D eigenvalue weighted by molar-refractivity contribution is -0.0436. The highest BCUT2D eigenvalue weighted by atomic mass is 35.5. The molecule has 0 spiro atoms. The summed E-state index contributed by atoms with van der Waals surface area (Å²) >= 11 is 5.70. The summed E-state index contributed by atoms with van der Waals surface area (Å²) in [4.78, 5) is 10.5. The van der Waals surface area contributed by atoms with Gasteiger partial charge in [0.15, 0.2) is 0 Å². The Morgan fingerprint density at radius 3 is 2.18 bits per heavy atom. The second kappa shape index (κ2) is 5.96. The lowest BCUT2D eigenvalue weighted by Gasteiger charge is -2.20. The Morgan fingerprint density at radius 1 is 1.23 bits per heavy atom. The van der Waals surface area contributed by atoms with Crippen molar-refractivity contribution in [1.29, 1.82) is 0 Å². The number of ether oxygens (including phenoxy) is 1. The smallest absolute Gasteiger partial charge is 0.444 e. The topological polar surface area (TPSA) is 72.5 Å². The fourth-order valence-electron chi connectivity index (χ4n) is 1.31. The van der Waals surface area contributed by atoms with E-state index in [4.69, 9.17) is 16.3 Å². The highest BCUT2D eigenvalue weighted by Crippen LogP contribution is 2.33. The zero-order valence-corrected chi connectivity index (χ0v) is 13.4. The van der Waals surface area contributed by atoms with E-state index in [2.05, 4.69) is 5.32 Å². The van der Waals surface area contributed by atoms with E-state index >= 15 is 0 Å². The average molecular weight is 360 g/mol. The van der Waals surface area contributed by atoms with Crippen LogP contribution in [0.4, 0.5) is 23.7 Å². The lowest BCUT2D eigenvalue weighted by Crippen LogP contribution is -2.27. The molecule has 0 atom stereocenters. The van der Waals surface area contributed by atoms with Crippen LogP contribution in [0, 0.1) is 0 Å². The van der Waals surface area contributed by atoms with E-state index in [0.29, 0.717) is 12.1 Å². The molecule has 22 heavy (non-hydrogen) atoms. The molecule has 0 fully saturated rings. The van der Waals surface area contributed by atoms with Crippen LogP contribution in [0.15, 0.2) is 23.1 Å². The van der Waals surface area contributed by atoms with Crippen molar-refractivity contribution in [2.45, 2.75) is 36.8 Å². The number of anilines is 1. The first-order valence-electron chi connectivity index (χ1n) is 5.85. The van der Waals surface area contributed by atoms with Gasteiger partial charge in [-0.1, -0.05) is 11.6 Å². The summed E-state index contributed by atoms with van der Waals surface area (Å²) < 4.78 is 64.7. The Labute approximate surface area is 130 Å². The van der Waals surface area contributed by atoms with Crippen LogP contribution in [0.3, 0.4) is 0 Å². The lowest BCUT2D eigenvalue weighted by atomic mass is 10.2. The second-order valence-electron chi connectivity index (χ2n) is 5.22. The van der Waals surface area contributed by atoms with Gasteiger partial charge in [-0.3, -0.25) is 5.32 Å². The van der Waals surface area contributed by atoms with Crippen molar-refractivity contribution in [2.24, 2.45) is 0 Å². The quantitative estimate of drug-likeness (QED) is 0.866. The normalized spacial score (nSPS) is 12.9. The van der Waals surface area contributed by atoms with Crippen molar-refractivity contribution >= 4 is 33.2 Å². The zero-order chi connectivity index (χ0) is 17.3. The molecule has 0 unspecified atom stereocenters. The molecular weight excluding hydrogens is 347 g/mol. The van der Waals surface area contributed by atoms with Gasteiger partial charge in [-0.15, -0.1) is 0 Å². The van der Waals surface area contributed by atoms with Crippen molar-refractivity contribution in [3.8, 4) is 0 Å². The molecule has 5 nitrogen and oxygen atoms in total. The predicted octanol–water partition coefficient (Wildman–Crippen LogP) is 3.98. The number of carbonyl (C=O) groups is 1. The fourth-order valence-corrected chi connectivity index (χ4v) is 2.39. The molecule has 0 heterocycles. The maximum Gasteiger partial charge on any atom is 0.501 e.